The first-order valence-corrected chi connectivity index (χ1v) is 18.5. The first-order valence-electron chi connectivity index (χ1n) is 18.1. The number of anilines is 2. The topological polar surface area (TPSA) is 94.1 Å². The zero-order valence-electron chi connectivity index (χ0n) is 29.3. The van der Waals surface area contributed by atoms with Crippen molar-refractivity contribution in [2.45, 2.75) is 45.2 Å². The summed E-state index contributed by atoms with van der Waals surface area (Å²) in [7, 11) is 0. The summed E-state index contributed by atoms with van der Waals surface area (Å²) in [6, 6.07) is 20.7. The predicted molar refractivity (Wildman–Crippen MR) is 203 cm³/mol. The molecule has 0 bridgehead atoms. The number of nitrogens with one attached hydrogen (secondary N) is 1. The molecular formula is C40H46ClN7O3. The van der Waals surface area contributed by atoms with Crippen LogP contribution in [0.1, 0.15) is 46.4 Å². The van der Waals surface area contributed by atoms with Crippen LogP contribution < -0.4 is 19.9 Å². The molecule has 3 aromatic carbocycles. The Morgan fingerprint density at radius 2 is 1.80 bits per heavy atom. The SMILES string of the molecule is C=CC(=O)N1CCN(c2nc(OCC3CCCN3CCCNC(=O)c3cccc(C)c3)nc3c2CCN(c2cccc4cccc(Cl)c24)C3)CC1. The Balaban J connectivity index is 1.05. The second-order valence-corrected chi connectivity index (χ2v) is 14.1. The summed E-state index contributed by atoms with van der Waals surface area (Å²) in [6.07, 6.45) is 5.19. The van der Waals surface area contributed by atoms with Crippen molar-refractivity contribution in [3.8, 4) is 6.01 Å². The third-order valence-electron chi connectivity index (χ3n) is 10.4. The van der Waals surface area contributed by atoms with Gasteiger partial charge in [0.25, 0.3) is 5.91 Å². The summed E-state index contributed by atoms with van der Waals surface area (Å²) in [6.45, 7) is 12.7. The Bertz CT molecular complexity index is 1910. The number of amides is 2. The molecule has 7 rings (SSSR count). The van der Waals surface area contributed by atoms with Crippen molar-refractivity contribution in [2.75, 3.05) is 68.8 Å². The second kappa shape index (κ2) is 15.7. The molecule has 0 aliphatic carbocycles. The highest BCUT2D eigenvalue weighted by molar-refractivity contribution is 6.36. The first-order chi connectivity index (χ1) is 24.9. The summed E-state index contributed by atoms with van der Waals surface area (Å²) in [4.78, 5) is 43.9. The lowest BCUT2D eigenvalue weighted by Gasteiger charge is -2.38. The number of carbonyl (C=O) groups is 2. The van der Waals surface area contributed by atoms with E-state index >= 15 is 0 Å². The van der Waals surface area contributed by atoms with E-state index in [9.17, 15) is 9.59 Å². The number of carbonyl (C=O) groups excluding carboxylic acids is 2. The Morgan fingerprint density at radius 1 is 1.00 bits per heavy atom. The molecular weight excluding hydrogens is 662 g/mol. The fraction of sp³-hybridized carbons (Fsp3) is 0.400. The smallest absolute Gasteiger partial charge is 0.318 e. The highest BCUT2D eigenvalue weighted by Gasteiger charge is 2.30. The number of fused-ring (bicyclic) bond motifs is 2. The normalized spacial score (nSPS) is 17.8. The van der Waals surface area contributed by atoms with Crippen LogP contribution in [0.15, 0.2) is 73.3 Å². The molecule has 2 amide bonds. The zero-order chi connectivity index (χ0) is 35.3. The number of likely N-dealkylation sites (tertiary alicyclic amines) is 1. The number of halogens is 1. The quantitative estimate of drug-likeness (QED) is 0.158. The fourth-order valence-corrected chi connectivity index (χ4v) is 7.93. The standard InChI is InChI=1S/C40H46ClN7O3/c1-3-36(49)46-21-23-47(24-22-46)38-32-16-20-48(35-15-6-11-29-10-5-14-33(41)37(29)35)26-34(32)43-40(44-38)51-27-31-13-7-18-45(31)19-8-17-42-39(50)30-12-4-9-28(2)25-30/h3-6,9-12,14-15,25,31H,1,7-8,13,16-24,26-27H2,2H3,(H,42,50). The van der Waals surface area contributed by atoms with E-state index in [2.05, 4.69) is 50.9 Å². The van der Waals surface area contributed by atoms with E-state index in [-0.39, 0.29) is 17.9 Å². The Morgan fingerprint density at radius 3 is 2.61 bits per heavy atom. The third-order valence-corrected chi connectivity index (χ3v) is 10.7. The molecule has 266 valence electrons. The molecule has 4 heterocycles. The summed E-state index contributed by atoms with van der Waals surface area (Å²) >= 11 is 6.74. The number of ether oxygens (including phenoxy) is 1. The summed E-state index contributed by atoms with van der Waals surface area (Å²) in [5.74, 6) is 0.836. The van der Waals surface area contributed by atoms with Crippen LogP contribution in [0.5, 0.6) is 6.01 Å². The number of hydrogen-bond donors (Lipinski definition) is 1. The fourth-order valence-electron chi connectivity index (χ4n) is 7.65. The molecule has 2 saturated heterocycles. The van der Waals surface area contributed by atoms with Crippen LogP contribution in [0.3, 0.4) is 0 Å². The van der Waals surface area contributed by atoms with Gasteiger partial charge in [-0.25, -0.2) is 0 Å². The maximum Gasteiger partial charge on any atom is 0.318 e. The van der Waals surface area contributed by atoms with Crippen molar-refractivity contribution in [3.63, 3.8) is 0 Å². The van der Waals surface area contributed by atoms with Crippen molar-refractivity contribution < 1.29 is 14.3 Å². The number of aromatic nitrogens is 2. The van der Waals surface area contributed by atoms with Gasteiger partial charge in [0.2, 0.25) is 5.91 Å². The largest absolute Gasteiger partial charge is 0.462 e. The molecule has 0 radical (unpaired) electrons. The maximum absolute atomic E-state index is 12.6. The van der Waals surface area contributed by atoms with E-state index < -0.39 is 0 Å². The van der Waals surface area contributed by atoms with E-state index in [1.165, 1.54) is 6.08 Å². The summed E-state index contributed by atoms with van der Waals surface area (Å²) < 4.78 is 6.46. The number of piperazine rings is 1. The number of aryl methyl sites for hydroxylation is 1. The van der Waals surface area contributed by atoms with Gasteiger partial charge in [0.1, 0.15) is 12.4 Å². The van der Waals surface area contributed by atoms with Gasteiger partial charge >= 0.3 is 6.01 Å². The first kappa shape index (κ1) is 34.8. The highest BCUT2D eigenvalue weighted by Crippen LogP contribution is 2.37. The highest BCUT2D eigenvalue weighted by atomic mass is 35.5. The lowest BCUT2D eigenvalue weighted by atomic mass is 10.0. The van der Waals surface area contributed by atoms with Crippen LogP contribution in [0, 0.1) is 6.92 Å². The molecule has 4 aromatic rings. The predicted octanol–water partition coefficient (Wildman–Crippen LogP) is 5.65. The van der Waals surface area contributed by atoms with E-state index in [4.69, 9.17) is 26.3 Å². The molecule has 11 heteroatoms. The van der Waals surface area contributed by atoms with E-state index in [0.717, 1.165) is 89.4 Å². The average molecular weight is 708 g/mol. The van der Waals surface area contributed by atoms with Gasteiger partial charge in [-0.3, -0.25) is 14.5 Å². The molecule has 2 fully saturated rings. The van der Waals surface area contributed by atoms with Crippen LogP contribution in [0.2, 0.25) is 5.02 Å². The Kier molecular flexibility index (Phi) is 10.7. The zero-order valence-corrected chi connectivity index (χ0v) is 30.1. The Labute approximate surface area is 305 Å². The van der Waals surface area contributed by atoms with Crippen LogP contribution in [0.4, 0.5) is 11.5 Å². The average Bonchev–Trinajstić information content (AvgIpc) is 3.61. The minimum atomic E-state index is -0.0393. The number of benzene rings is 3. The minimum absolute atomic E-state index is 0.0313. The van der Waals surface area contributed by atoms with Gasteiger partial charge in [0.15, 0.2) is 0 Å². The van der Waals surface area contributed by atoms with Gasteiger partial charge < -0.3 is 24.8 Å². The van der Waals surface area contributed by atoms with Crippen molar-refractivity contribution in [3.05, 3.63) is 101 Å². The van der Waals surface area contributed by atoms with Gasteiger partial charge in [0, 0.05) is 74.1 Å². The van der Waals surface area contributed by atoms with E-state index in [1.807, 2.05) is 48.2 Å². The number of hydrogen-bond acceptors (Lipinski definition) is 8. The van der Waals surface area contributed by atoms with Gasteiger partial charge in [-0.05, 0) is 74.9 Å². The molecule has 10 nitrogen and oxygen atoms in total. The summed E-state index contributed by atoms with van der Waals surface area (Å²) in [5, 5.41) is 5.97. The van der Waals surface area contributed by atoms with Crippen molar-refractivity contribution >= 4 is 45.7 Å². The Hall–Kier alpha value is -4.67. The van der Waals surface area contributed by atoms with Crippen molar-refractivity contribution in [1.29, 1.82) is 0 Å². The molecule has 51 heavy (non-hydrogen) atoms. The molecule has 1 atom stereocenters. The number of rotatable bonds is 11. The van der Waals surface area contributed by atoms with Gasteiger partial charge in [0.05, 0.1) is 17.3 Å². The molecule has 0 saturated carbocycles. The van der Waals surface area contributed by atoms with Crippen molar-refractivity contribution in [2.24, 2.45) is 0 Å². The molecule has 1 unspecified atom stereocenters. The monoisotopic (exact) mass is 707 g/mol. The molecule has 3 aliphatic rings. The maximum atomic E-state index is 12.6. The third kappa shape index (κ3) is 7.82. The number of nitrogens with zero attached hydrogens (tertiary/aromatic N) is 6. The lowest BCUT2D eigenvalue weighted by Crippen LogP contribution is -2.49. The van der Waals surface area contributed by atoms with E-state index in [1.54, 1.807) is 0 Å². The lowest BCUT2D eigenvalue weighted by molar-refractivity contribution is -0.126. The van der Waals surface area contributed by atoms with Crippen LogP contribution in [0.25, 0.3) is 10.8 Å². The van der Waals surface area contributed by atoms with Crippen LogP contribution in [-0.4, -0.2) is 96.6 Å². The van der Waals surface area contributed by atoms with E-state index in [0.29, 0.717) is 57.4 Å². The van der Waals surface area contributed by atoms with Crippen LogP contribution in [-0.2, 0) is 17.8 Å². The van der Waals surface area contributed by atoms with Gasteiger partial charge in [-0.1, -0.05) is 60.1 Å². The van der Waals surface area contributed by atoms with Crippen molar-refractivity contribution in [1.82, 2.24) is 25.1 Å². The van der Waals surface area contributed by atoms with Gasteiger partial charge in [-0.2, -0.15) is 9.97 Å². The molecule has 0 spiro atoms. The second-order valence-electron chi connectivity index (χ2n) is 13.7. The molecule has 1 aromatic heterocycles. The summed E-state index contributed by atoms with van der Waals surface area (Å²) in [5.41, 5.74) is 4.97. The minimum Gasteiger partial charge on any atom is -0.462 e. The van der Waals surface area contributed by atoms with Gasteiger partial charge in [-0.15, -0.1) is 0 Å². The van der Waals surface area contributed by atoms with Crippen LogP contribution >= 0.6 is 11.6 Å². The molecule has 3 aliphatic heterocycles. The molecule has 1 N–H and O–H groups in total.